The molecule has 0 bridgehead atoms. The summed E-state index contributed by atoms with van der Waals surface area (Å²) in [7, 11) is 0. The lowest BCUT2D eigenvalue weighted by Gasteiger charge is -2.34. The Kier molecular flexibility index (Phi) is 5.24. The maximum absolute atomic E-state index is 13.4. The third-order valence-electron chi connectivity index (χ3n) is 4.58. The molecule has 0 saturated carbocycles. The highest BCUT2D eigenvalue weighted by Gasteiger charge is 2.62. The second-order valence-corrected chi connectivity index (χ2v) is 7.78. The van der Waals surface area contributed by atoms with E-state index < -0.39 is 35.2 Å². The fraction of sp³-hybridized carbons (Fsp3) is 0.444. The predicted octanol–water partition coefficient (Wildman–Crippen LogP) is 2.13. The van der Waals surface area contributed by atoms with Crippen LogP contribution in [0.1, 0.15) is 26.3 Å². The molecular weight excluding hydrogens is 408 g/mol. The Morgan fingerprint density at radius 1 is 1.36 bits per heavy atom. The number of nitrogens with zero attached hydrogens (tertiary/aromatic N) is 1. The lowest BCUT2D eigenvalue weighted by molar-refractivity contribution is -0.167. The number of esters is 1. The maximum atomic E-state index is 13.4. The number of ether oxygens (including phenoxy) is 3. The van der Waals surface area contributed by atoms with Crippen LogP contribution in [0, 0.1) is 0 Å². The molecule has 0 radical (unpaired) electrons. The summed E-state index contributed by atoms with van der Waals surface area (Å²) < 4.78 is 15.9. The molecule has 150 valence electrons. The van der Waals surface area contributed by atoms with Gasteiger partial charge >= 0.3 is 12.1 Å². The van der Waals surface area contributed by atoms with E-state index in [2.05, 4.69) is 5.32 Å². The zero-order valence-corrected chi connectivity index (χ0v) is 17.1. The Morgan fingerprint density at radius 3 is 2.54 bits per heavy atom. The summed E-state index contributed by atoms with van der Waals surface area (Å²) in [4.78, 5) is 39.5. The van der Waals surface area contributed by atoms with Crippen molar-refractivity contribution in [2.75, 3.05) is 13.2 Å². The predicted molar refractivity (Wildman–Crippen MR) is 103 cm³/mol. The topological polar surface area (TPSA) is 94.2 Å². The molecule has 2 atom stereocenters. The standard InChI is InChI=1S/C18H19ClN2O6S/c1-4-25-14(23)18(10-5-7-11(19)8-6-10)12(20-15(28)27-18)13(22)21-16(24)26-9-17(21,2)3/h5-8,12H,4,9H2,1-3H3,(H,20,28)/t12-,18-/m0/s1. The van der Waals surface area contributed by atoms with E-state index in [1.165, 1.54) is 0 Å². The Bertz CT molecular complexity index is 843. The van der Waals surface area contributed by atoms with Crippen molar-refractivity contribution in [1.82, 2.24) is 10.2 Å². The van der Waals surface area contributed by atoms with Gasteiger partial charge in [-0.2, -0.15) is 0 Å². The van der Waals surface area contributed by atoms with Gasteiger partial charge in [-0.1, -0.05) is 23.7 Å². The zero-order valence-electron chi connectivity index (χ0n) is 15.5. The molecule has 3 rings (SSSR count). The molecule has 2 amide bonds. The minimum Gasteiger partial charge on any atom is -0.463 e. The molecule has 0 spiro atoms. The molecule has 2 saturated heterocycles. The van der Waals surface area contributed by atoms with Crippen LogP contribution in [-0.4, -0.2) is 52.8 Å². The Hall–Kier alpha value is -2.39. The molecule has 1 N–H and O–H groups in total. The molecule has 8 nitrogen and oxygen atoms in total. The number of carbonyl (C=O) groups excluding carboxylic acids is 3. The number of carbonyl (C=O) groups is 3. The fourth-order valence-electron chi connectivity index (χ4n) is 3.26. The van der Waals surface area contributed by atoms with Gasteiger partial charge in [0.25, 0.3) is 16.7 Å². The van der Waals surface area contributed by atoms with Gasteiger partial charge in [0, 0.05) is 10.6 Å². The fourth-order valence-corrected chi connectivity index (χ4v) is 3.64. The molecule has 0 aliphatic carbocycles. The Labute approximate surface area is 172 Å². The summed E-state index contributed by atoms with van der Waals surface area (Å²) >= 11 is 11.1. The summed E-state index contributed by atoms with van der Waals surface area (Å²) in [6.45, 7) is 5.08. The third-order valence-corrected chi connectivity index (χ3v) is 5.03. The molecule has 1 aromatic carbocycles. The van der Waals surface area contributed by atoms with Crippen LogP contribution in [0.3, 0.4) is 0 Å². The van der Waals surface area contributed by atoms with Crippen molar-refractivity contribution in [2.45, 2.75) is 38.0 Å². The van der Waals surface area contributed by atoms with Gasteiger partial charge in [-0.3, -0.25) is 4.79 Å². The van der Waals surface area contributed by atoms with Crippen LogP contribution in [-0.2, 0) is 29.4 Å². The average molecular weight is 427 g/mol. The van der Waals surface area contributed by atoms with E-state index in [-0.39, 0.29) is 18.4 Å². The first-order valence-electron chi connectivity index (χ1n) is 8.57. The van der Waals surface area contributed by atoms with E-state index in [1.807, 2.05) is 0 Å². The van der Waals surface area contributed by atoms with Crippen LogP contribution in [0.2, 0.25) is 5.02 Å². The average Bonchev–Trinajstić information content (AvgIpc) is 3.12. The van der Waals surface area contributed by atoms with E-state index in [1.54, 1.807) is 45.0 Å². The molecule has 28 heavy (non-hydrogen) atoms. The SMILES string of the molecule is CCOC(=O)[C@@]1(c2ccc(Cl)cc2)OC(=S)N[C@H]1C(=O)N1C(=O)OCC1(C)C. The van der Waals surface area contributed by atoms with Gasteiger partial charge in [-0.25, -0.2) is 14.5 Å². The molecular formula is C18H19ClN2O6S. The number of rotatable bonds is 4. The van der Waals surface area contributed by atoms with Crippen molar-refractivity contribution < 1.29 is 28.6 Å². The Balaban J connectivity index is 2.12. The number of nitrogens with one attached hydrogen (secondary N) is 1. The van der Waals surface area contributed by atoms with E-state index in [0.29, 0.717) is 10.6 Å². The number of hydrogen-bond donors (Lipinski definition) is 1. The van der Waals surface area contributed by atoms with Crippen molar-refractivity contribution >= 4 is 47.0 Å². The van der Waals surface area contributed by atoms with Crippen LogP contribution in [0.25, 0.3) is 0 Å². The smallest absolute Gasteiger partial charge is 0.417 e. The lowest BCUT2D eigenvalue weighted by atomic mass is 9.85. The van der Waals surface area contributed by atoms with Gasteiger partial charge in [0.2, 0.25) is 0 Å². The number of halogens is 1. The quantitative estimate of drug-likeness (QED) is 0.578. The van der Waals surface area contributed by atoms with Gasteiger partial charge in [0.15, 0.2) is 6.04 Å². The van der Waals surface area contributed by atoms with E-state index in [0.717, 1.165) is 4.90 Å². The molecule has 1 aromatic rings. The lowest BCUT2D eigenvalue weighted by Crippen LogP contribution is -2.60. The maximum Gasteiger partial charge on any atom is 0.417 e. The van der Waals surface area contributed by atoms with Crippen LogP contribution in [0.15, 0.2) is 24.3 Å². The largest absolute Gasteiger partial charge is 0.463 e. The number of benzene rings is 1. The van der Waals surface area contributed by atoms with Gasteiger partial charge in [-0.15, -0.1) is 0 Å². The highest BCUT2D eigenvalue weighted by molar-refractivity contribution is 7.80. The van der Waals surface area contributed by atoms with Gasteiger partial charge in [0.1, 0.15) is 6.61 Å². The number of imide groups is 1. The van der Waals surface area contributed by atoms with Gasteiger partial charge < -0.3 is 19.5 Å². The van der Waals surface area contributed by atoms with Crippen LogP contribution < -0.4 is 5.32 Å². The number of cyclic esters (lactones) is 1. The normalized spacial score (nSPS) is 25.7. The second kappa shape index (κ2) is 7.21. The highest BCUT2D eigenvalue weighted by atomic mass is 35.5. The Morgan fingerprint density at radius 2 is 2.00 bits per heavy atom. The minimum absolute atomic E-state index is 0.0307. The van der Waals surface area contributed by atoms with E-state index >= 15 is 0 Å². The third kappa shape index (κ3) is 3.18. The van der Waals surface area contributed by atoms with Gasteiger partial charge in [0.05, 0.1) is 12.1 Å². The molecule has 0 unspecified atom stereocenters. The molecule has 2 heterocycles. The first kappa shape index (κ1) is 20.3. The first-order valence-corrected chi connectivity index (χ1v) is 9.35. The number of hydrogen-bond acceptors (Lipinski definition) is 7. The molecule has 10 heteroatoms. The van der Waals surface area contributed by atoms with Crippen molar-refractivity contribution in [1.29, 1.82) is 0 Å². The van der Waals surface area contributed by atoms with Crippen molar-refractivity contribution in [3.05, 3.63) is 34.9 Å². The first-order chi connectivity index (χ1) is 13.1. The van der Waals surface area contributed by atoms with Crippen molar-refractivity contribution in [3.8, 4) is 0 Å². The van der Waals surface area contributed by atoms with E-state index in [4.69, 9.17) is 38.0 Å². The summed E-state index contributed by atoms with van der Waals surface area (Å²) in [5, 5.41) is 2.98. The van der Waals surface area contributed by atoms with Crippen molar-refractivity contribution in [2.24, 2.45) is 0 Å². The van der Waals surface area contributed by atoms with Crippen LogP contribution in [0.4, 0.5) is 4.79 Å². The minimum atomic E-state index is -1.91. The van der Waals surface area contributed by atoms with Gasteiger partial charge in [-0.05, 0) is 45.1 Å². The molecule has 2 aliphatic heterocycles. The summed E-state index contributed by atoms with van der Waals surface area (Å²) in [6, 6.07) is 4.87. The van der Waals surface area contributed by atoms with E-state index in [9.17, 15) is 14.4 Å². The summed E-state index contributed by atoms with van der Waals surface area (Å²) in [5.74, 6) is -1.52. The van der Waals surface area contributed by atoms with Crippen LogP contribution >= 0.6 is 23.8 Å². The van der Waals surface area contributed by atoms with Crippen LogP contribution in [0.5, 0.6) is 0 Å². The molecule has 2 aliphatic rings. The summed E-state index contributed by atoms with van der Waals surface area (Å²) in [6.07, 6.45) is -0.802. The van der Waals surface area contributed by atoms with Crippen molar-refractivity contribution in [3.63, 3.8) is 0 Å². The monoisotopic (exact) mass is 426 g/mol. The number of amides is 2. The summed E-state index contributed by atoms with van der Waals surface area (Å²) in [5.41, 5.74) is -2.50. The zero-order chi connectivity index (χ0) is 20.7. The highest BCUT2D eigenvalue weighted by Crippen LogP contribution is 2.39. The molecule has 0 aromatic heterocycles. The molecule has 2 fully saturated rings. The second-order valence-electron chi connectivity index (χ2n) is 6.97. The number of thiocarbonyl (C=S) groups is 1.